The molecule has 0 saturated heterocycles. The van der Waals surface area contributed by atoms with E-state index in [-0.39, 0.29) is 5.96 Å². The third-order valence-electron chi connectivity index (χ3n) is 1.82. The summed E-state index contributed by atoms with van der Waals surface area (Å²) in [5.74, 6) is 0.580. The average Bonchev–Trinajstić information content (AvgIpc) is 2.17. The molecule has 7 nitrogen and oxygen atoms in total. The lowest BCUT2D eigenvalue weighted by molar-refractivity contribution is 0.348. The monoisotopic (exact) mass is 215 g/mol. The van der Waals surface area contributed by atoms with Gasteiger partial charge in [-0.3, -0.25) is 9.98 Å². The molecule has 0 aliphatic rings. The summed E-state index contributed by atoms with van der Waals surface area (Å²) in [6.07, 6.45) is 0. The van der Waals surface area contributed by atoms with Gasteiger partial charge in [0.1, 0.15) is 0 Å². The van der Waals surface area contributed by atoms with E-state index in [1.165, 1.54) is 0 Å². The number of likely N-dealkylation sites (N-methyl/N-ethyl adjacent to an activating group) is 1. The summed E-state index contributed by atoms with van der Waals surface area (Å²) in [5.41, 5.74) is 15.9. The van der Waals surface area contributed by atoms with E-state index in [1.54, 1.807) is 7.05 Å². The smallest absolute Gasteiger partial charge is 0.188 e. The quantitative estimate of drug-likeness (QED) is 0.294. The molecule has 0 radical (unpaired) electrons. The Morgan fingerprint density at radius 2 is 1.93 bits per heavy atom. The summed E-state index contributed by atoms with van der Waals surface area (Å²) in [7, 11) is 3.63. The van der Waals surface area contributed by atoms with Gasteiger partial charge in [-0.1, -0.05) is 0 Å². The van der Waals surface area contributed by atoms with Gasteiger partial charge in [0.05, 0.1) is 6.54 Å². The highest BCUT2D eigenvalue weighted by atomic mass is 15.2. The van der Waals surface area contributed by atoms with Crippen molar-refractivity contribution in [3.8, 4) is 0 Å². The molecule has 0 aromatic rings. The minimum absolute atomic E-state index is 0.129. The normalized spacial score (nSPS) is 11.5. The molecule has 7 N–H and O–H groups in total. The Morgan fingerprint density at radius 1 is 1.27 bits per heavy atom. The van der Waals surface area contributed by atoms with Crippen LogP contribution in [0.1, 0.15) is 0 Å². The molecular formula is C8H21N7. The van der Waals surface area contributed by atoms with Gasteiger partial charge in [0.25, 0.3) is 0 Å². The van der Waals surface area contributed by atoms with Crippen LogP contribution < -0.4 is 22.5 Å². The number of hydrogen-bond acceptors (Lipinski definition) is 3. The van der Waals surface area contributed by atoms with Crippen LogP contribution in [-0.4, -0.2) is 57.1 Å². The maximum Gasteiger partial charge on any atom is 0.188 e. The molecule has 7 heteroatoms. The van der Waals surface area contributed by atoms with Crippen LogP contribution in [0, 0.1) is 0 Å². The molecular weight excluding hydrogens is 194 g/mol. The number of rotatable bonds is 6. The first-order valence-electron chi connectivity index (χ1n) is 4.76. The van der Waals surface area contributed by atoms with E-state index >= 15 is 0 Å². The van der Waals surface area contributed by atoms with Gasteiger partial charge in [-0.2, -0.15) is 0 Å². The van der Waals surface area contributed by atoms with Crippen LogP contribution in [0.5, 0.6) is 0 Å². The van der Waals surface area contributed by atoms with Gasteiger partial charge in [-0.15, -0.1) is 0 Å². The molecule has 0 spiro atoms. The van der Waals surface area contributed by atoms with E-state index in [0.29, 0.717) is 12.5 Å². The maximum absolute atomic E-state index is 5.46. The summed E-state index contributed by atoms with van der Waals surface area (Å²) in [5, 5.41) is 2.96. The van der Waals surface area contributed by atoms with E-state index in [9.17, 15) is 0 Å². The average molecular weight is 215 g/mol. The summed E-state index contributed by atoms with van der Waals surface area (Å²) < 4.78 is 0. The van der Waals surface area contributed by atoms with Gasteiger partial charge in [-0.25, -0.2) is 0 Å². The molecule has 0 unspecified atom stereocenters. The van der Waals surface area contributed by atoms with Gasteiger partial charge in [0, 0.05) is 26.7 Å². The number of hydrogen-bond donors (Lipinski definition) is 4. The molecule has 0 amide bonds. The van der Waals surface area contributed by atoms with Crippen molar-refractivity contribution < 1.29 is 0 Å². The van der Waals surface area contributed by atoms with Crippen molar-refractivity contribution in [2.45, 2.75) is 0 Å². The first-order valence-corrected chi connectivity index (χ1v) is 4.76. The minimum Gasteiger partial charge on any atom is -0.370 e. The lowest BCUT2D eigenvalue weighted by atomic mass is 10.5. The number of nitrogens with zero attached hydrogens (tertiary/aromatic N) is 3. The second kappa shape index (κ2) is 7.86. The lowest BCUT2D eigenvalue weighted by Gasteiger charge is -2.15. The van der Waals surface area contributed by atoms with E-state index < -0.39 is 0 Å². The third kappa shape index (κ3) is 8.82. The van der Waals surface area contributed by atoms with Crippen molar-refractivity contribution >= 4 is 11.9 Å². The highest BCUT2D eigenvalue weighted by Crippen LogP contribution is 1.81. The zero-order chi connectivity index (χ0) is 11.7. The fraction of sp³-hybridized carbons (Fsp3) is 0.750. The van der Waals surface area contributed by atoms with Gasteiger partial charge in [0.15, 0.2) is 11.9 Å². The van der Waals surface area contributed by atoms with Crippen molar-refractivity contribution in [3.63, 3.8) is 0 Å². The standard InChI is InChI=1S/C8H21N7/c1-12-8(11)14-4-6-15(2)5-3-13-7(9)10/h3-6H2,1-2H3,(H4,9,10,13)(H3,11,12,14). The molecule has 0 rings (SSSR count). The Morgan fingerprint density at radius 3 is 2.47 bits per heavy atom. The highest BCUT2D eigenvalue weighted by Gasteiger charge is 1.97. The predicted octanol–water partition coefficient (Wildman–Crippen LogP) is -2.27. The fourth-order valence-corrected chi connectivity index (χ4v) is 0.916. The van der Waals surface area contributed by atoms with Gasteiger partial charge >= 0.3 is 0 Å². The second-order valence-electron chi connectivity index (χ2n) is 3.15. The van der Waals surface area contributed by atoms with Crippen molar-refractivity contribution in [1.29, 1.82) is 0 Å². The van der Waals surface area contributed by atoms with Crippen LogP contribution in [0.4, 0.5) is 0 Å². The molecule has 0 aliphatic heterocycles. The Hall–Kier alpha value is -1.50. The molecule has 0 aromatic carbocycles. The predicted molar refractivity (Wildman–Crippen MR) is 63.7 cm³/mol. The van der Waals surface area contributed by atoms with E-state index in [1.807, 2.05) is 7.05 Å². The SMILES string of the molecule is CN=C(N)NCCN(C)CCN=C(N)N. The molecule has 0 heterocycles. The second-order valence-corrected chi connectivity index (χ2v) is 3.15. The first-order chi connectivity index (χ1) is 7.06. The van der Waals surface area contributed by atoms with E-state index in [0.717, 1.165) is 19.6 Å². The van der Waals surface area contributed by atoms with E-state index in [4.69, 9.17) is 17.2 Å². The Bertz CT molecular complexity index is 219. The van der Waals surface area contributed by atoms with Crippen LogP contribution in [-0.2, 0) is 0 Å². The topological polar surface area (TPSA) is 118 Å². The van der Waals surface area contributed by atoms with Crippen molar-refractivity contribution in [2.75, 3.05) is 40.3 Å². The van der Waals surface area contributed by atoms with Gasteiger partial charge in [0.2, 0.25) is 0 Å². The fourth-order valence-electron chi connectivity index (χ4n) is 0.916. The van der Waals surface area contributed by atoms with Gasteiger partial charge < -0.3 is 27.4 Å². The van der Waals surface area contributed by atoms with Crippen LogP contribution in [0.15, 0.2) is 9.98 Å². The number of guanidine groups is 2. The zero-order valence-corrected chi connectivity index (χ0v) is 9.40. The number of nitrogens with two attached hydrogens (primary N) is 3. The largest absolute Gasteiger partial charge is 0.370 e. The van der Waals surface area contributed by atoms with Crippen LogP contribution in [0.25, 0.3) is 0 Å². The molecule has 0 fully saturated rings. The zero-order valence-electron chi connectivity index (χ0n) is 9.40. The van der Waals surface area contributed by atoms with Crippen molar-refractivity contribution in [2.24, 2.45) is 27.2 Å². The number of aliphatic imine (C=N–C) groups is 2. The molecule has 88 valence electrons. The summed E-state index contributed by atoms with van der Waals surface area (Å²) in [4.78, 5) is 9.77. The summed E-state index contributed by atoms with van der Waals surface area (Å²) in [6.45, 7) is 3.02. The Labute approximate surface area is 90.4 Å². The highest BCUT2D eigenvalue weighted by molar-refractivity contribution is 5.77. The molecule has 0 bridgehead atoms. The van der Waals surface area contributed by atoms with Crippen LogP contribution >= 0.6 is 0 Å². The first kappa shape index (κ1) is 13.5. The minimum atomic E-state index is 0.129. The van der Waals surface area contributed by atoms with Crippen LogP contribution in [0.2, 0.25) is 0 Å². The lowest BCUT2D eigenvalue weighted by Crippen LogP contribution is -2.38. The molecule has 15 heavy (non-hydrogen) atoms. The van der Waals surface area contributed by atoms with Crippen LogP contribution in [0.3, 0.4) is 0 Å². The Balaban J connectivity index is 3.49. The molecule has 0 aliphatic carbocycles. The summed E-state index contributed by atoms with van der Waals surface area (Å²) >= 11 is 0. The van der Waals surface area contributed by atoms with Crippen molar-refractivity contribution in [1.82, 2.24) is 10.2 Å². The third-order valence-corrected chi connectivity index (χ3v) is 1.82. The molecule has 0 saturated carbocycles. The number of nitrogens with one attached hydrogen (secondary N) is 1. The maximum atomic E-state index is 5.46. The summed E-state index contributed by atoms with van der Waals surface area (Å²) in [6, 6.07) is 0. The molecule has 0 atom stereocenters. The van der Waals surface area contributed by atoms with Crippen molar-refractivity contribution in [3.05, 3.63) is 0 Å². The van der Waals surface area contributed by atoms with Gasteiger partial charge in [-0.05, 0) is 7.05 Å². The Kier molecular flexibility index (Phi) is 7.08. The molecule has 0 aromatic heterocycles. The van der Waals surface area contributed by atoms with E-state index in [2.05, 4.69) is 20.2 Å².